The van der Waals surface area contributed by atoms with Crippen LogP contribution in [0.2, 0.25) is 10.0 Å². The van der Waals surface area contributed by atoms with Crippen LogP contribution in [0.15, 0.2) is 18.2 Å². The summed E-state index contributed by atoms with van der Waals surface area (Å²) in [5.41, 5.74) is 0.384. The highest BCUT2D eigenvalue weighted by atomic mass is 35.5. The summed E-state index contributed by atoms with van der Waals surface area (Å²) in [5, 5.41) is 10.9. The molecule has 1 aromatic carbocycles. The molecule has 3 nitrogen and oxygen atoms in total. The summed E-state index contributed by atoms with van der Waals surface area (Å²) >= 11 is 11.9. The van der Waals surface area contributed by atoms with E-state index < -0.39 is 6.10 Å². The molecule has 1 aliphatic rings. The van der Waals surface area contributed by atoms with Crippen LogP contribution in [-0.2, 0) is 0 Å². The van der Waals surface area contributed by atoms with Crippen LogP contribution in [-0.4, -0.2) is 35.1 Å². The topological polar surface area (TPSA) is 40.5 Å². The molecule has 0 spiro atoms. The summed E-state index contributed by atoms with van der Waals surface area (Å²) in [6, 6.07) is 4.69. The Bertz CT molecular complexity index is 479. The number of hydrogen-bond donors (Lipinski definition) is 1. The molecule has 104 valence electrons. The maximum Gasteiger partial charge on any atom is 0.255 e. The standard InChI is InChI=1S/C14H17Cl2NO2/c1-17(12-4-2-3-5-13(12)18)14(19)10-8-9(15)6-7-11(10)16/h6-8,12-13,18H,2-5H2,1H3. The lowest BCUT2D eigenvalue weighted by Gasteiger charge is -2.35. The quantitative estimate of drug-likeness (QED) is 0.910. The minimum absolute atomic E-state index is 0.142. The lowest BCUT2D eigenvalue weighted by Crippen LogP contribution is -2.46. The number of aliphatic hydroxyl groups is 1. The van der Waals surface area contributed by atoms with Crippen LogP contribution in [0, 0.1) is 0 Å². The number of halogens is 2. The van der Waals surface area contributed by atoms with Crippen LogP contribution in [0.25, 0.3) is 0 Å². The number of amides is 1. The lowest BCUT2D eigenvalue weighted by atomic mass is 9.91. The van der Waals surface area contributed by atoms with Crippen molar-refractivity contribution in [2.75, 3.05) is 7.05 Å². The Balaban J connectivity index is 2.20. The van der Waals surface area contributed by atoms with E-state index in [1.54, 1.807) is 30.1 Å². The zero-order valence-electron chi connectivity index (χ0n) is 10.8. The van der Waals surface area contributed by atoms with Crippen molar-refractivity contribution in [1.29, 1.82) is 0 Å². The van der Waals surface area contributed by atoms with Crippen molar-refractivity contribution in [1.82, 2.24) is 4.90 Å². The van der Waals surface area contributed by atoms with E-state index in [0.717, 1.165) is 25.7 Å². The van der Waals surface area contributed by atoms with E-state index in [1.807, 2.05) is 0 Å². The van der Waals surface area contributed by atoms with E-state index in [9.17, 15) is 9.90 Å². The summed E-state index contributed by atoms with van der Waals surface area (Å²) in [6.45, 7) is 0. The third-order valence-corrected chi connectivity index (χ3v) is 4.24. The van der Waals surface area contributed by atoms with Crippen LogP contribution in [0.1, 0.15) is 36.0 Å². The SMILES string of the molecule is CN(C(=O)c1cc(Cl)ccc1Cl)C1CCCCC1O. The fourth-order valence-electron chi connectivity index (χ4n) is 2.55. The minimum atomic E-state index is -0.458. The van der Waals surface area contributed by atoms with Gasteiger partial charge in [-0.3, -0.25) is 4.79 Å². The number of hydrogen-bond acceptors (Lipinski definition) is 2. The zero-order chi connectivity index (χ0) is 14.0. The molecule has 1 fully saturated rings. The van der Waals surface area contributed by atoms with Crippen molar-refractivity contribution in [3.05, 3.63) is 33.8 Å². The van der Waals surface area contributed by atoms with Crippen molar-refractivity contribution in [2.45, 2.75) is 37.8 Å². The van der Waals surface area contributed by atoms with Crippen molar-refractivity contribution in [3.8, 4) is 0 Å². The third kappa shape index (κ3) is 3.22. The molecule has 19 heavy (non-hydrogen) atoms. The molecule has 1 N–H and O–H groups in total. The van der Waals surface area contributed by atoms with Crippen LogP contribution < -0.4 is 0 Å². The van der Waals surface area contributed by atoms with E-state index >= 15 is 0 Å². The number of benzene rings is 1. The largest absolute Gasteiger partial charge is 0.391 e. The van der Waals surface area contributed by atoms with Crippen molar-refractivity contribution in [2.24, 2.45) is 0 Å². The van der Waals surface area contributed by atoms with E-state index in [2.05, 4.69) is 0 Å². The van der Waals surface area contributed by atoms with Gasteiger partial charge in [0, 0.05) is 12.1 Å². The van der Waals surface area contributed by atoms with Gasteiger partial charge in [-0.1, -0.05) is 36.0 Å². The predicted molar refractivity (Wildman–Crippen MR) is 76.8 cm³/mol. The van der Waals surface area contributed by atoms with Crippen molar-refractivity contribution in [3.63, 3.8) is 0 Å². The predicted octanol–water partition coefficient (Wildman–Crippen LogP) is 3.37. The van der Waals surface area contributed by atoms with Crippen LogP contribution >= 0.6 is 23.2 Å². The van der Waals surface area contributed by atoms with E-state index in [0.29, 0.717) is 15.6 Å². The Kier molecular flexibility index (Phi) is 4.71. The highest BCUT2D eigenvalue weighted by Gasteiger charge is 2.30. The minimum Gasteiger partial charge on any atom is -0.391 e. The number of carbonyl (C=O) groups excluding carboxylic acids is 1. The van der Waals surface area contributed by atoms with Crippen LogP contribution in [0.4, 0.5) is 0 Å². The molecule has 0 radical (unpaired) electrons. The van der Waals surface area contributed by atoms with Gasteiger partial charge in [-0.25, -0.2) is 0 Å². The first kappa shape index (κ1) is 14.6. The molecule has 0 aliphatic heterocycles. The number of likely N-dealkylation sites (N-methyl/N-ethyl adjacent to an activating group) is 1. The highest BCUT2D eigenvalue weighted by molar-refractivity contribution is 6.35. The molecular weight excluding hydrogens is 285 g/mol. The van der Waals surface area contributed by atoms with E-state index in [1.165, 1.54) is 0 Å². The first-order valence-corrected chi connectivity index (χ1v) is 7.16. The average Bonchev–Trinajstić information content (AvgIpc) is 2.40. The molecular formula is C14H17Cl2NO2. The second-order valence-electron chi connectivity index (χ2n) is 4.96. The van der Waals surface area contributed by atoms with Gasteiger partial charge in [-0.2, -0.15) is 0 Å². The van der Waals surface area contributed by atoms with E-state index in [-0.39, 0.29) is 11.9 Å². The molecule has 0 bridgehead atoms. The number of aliphatic hydroxyl groups excluding tert-OH is 1. The molecule has 2 atom stereocenters. The van der Waals surface area contributed by atoms with Gasteiger partial charge in [0.2, 0.25) is 0 Å². The molecule has 0 saturated heterocycles. The molecule has 1 aromatic rings. The molecule has 1 aliphatic carbocycles. The second kappa shape index (κ2) is 6.12. The molecule has 1 saturated carbocycles. The fraction of sp³-hybridized carbons (Fsp3) is 0.500. The van der Waals surface area contributed by atoms with Crippen LogP contribution in [0.5, 0.6) is 0 Å². The Morgan fingerprint density at radius 1 is 1.32 bits per heavy atom. The lowest BCUT2D eigenvalue weighted by molar-refractivity contribution is 0.0268. The molecule has 1 amide bonds. The van der Waals surface area contributed by atoms with Gasteiger partial charge in [0.25, 0.3) is 5.91 Å². The summed E-state index contributed by atoms with van der Waals surface area (Å²) < 4.78 is 0. The van der Waals surface area contributed by atoms with Gasteiger partial charge in [0.15, 0.2) is 0 Å². The third-order valence-electron chi connectivity index (χ3n) is 3.67. The maximum absolute atomic E-state index is 12.4. The Labute approximate surface area is 123 Å². The molecule has 5 heteroatoms. The van der Waals surface area contributed by atoms with Gasteiger partial charge in [-0.15, -0.1) is 0 Å². The Morgan fingerprint density at radius 3 is 2.68 bits per heavy atom. The average molecular weight is 302 g/mol. The second-order valence-corrected chi connectivity index (χ2v) is 5.80. The summed E-state index contributed by atoms with van der Waals surface area (Å²) in [5.74, 6) is -0.196. The van der Waals surface area contributed by atoms with Gasteiger partial charge >= 0.3 is 0 Å². The summed E-state index contributed by atoms with van der Waals surface area (Å²) in [4.78, 5) is 14.0. The Hall–Kier alpha value is -0.770. The van der Waals surface area contributed by atoms with Crippen molar-refractivity contribution < 1.29 is 9.90 Å². The van der Waals surface area contributed by atoms with Gasteiger partial charge in [0.1, 0.15) is 0 Å². The zero-order valence-corrected chi connectivity index (χ0v) is 12.3. The van der Waals surface area contributed by atoms with Crippen molar-refractivity contribution >= 4 is 29.1 Å². The number of carbonyl (C=O) groups is 1. The first-order chi connectivity index (χ1) is 9.00. The molecule has 2 rings (SSSR count). The smallest absolute Gasteiger partial charge is 0.255 e. The van der Waals surface area contributed by atoms with Gasteiger partial charge in [-0.05, 0) is 31.0 Å². The van der Waals surface area contributed by atoms with Gasteiger partial charge < -0.3 is 10.0 Å². The highest BCUT2D eigenvalue weighted by Crippen LogP contribution is 2.26. The number of rotatable bonds is 2. The molecule has 2 unspecified atom stereocenters. The maximum atomic E-state index is 12.4. The molecule has 0 heterocycles. The number of nitrogens with zero attached hydrogens (tertiary/aromatic N) is 1. The van der Waals surface area contributed by atoms with Gasteiger partial charge in [0.05, 0.1) is 22.7 Å². The first-order valence-electron chi connectivity index (χ1n) is 6.41. The fourth-order valence-corrected chi connectivity index (χ4v) is 2.92. The Morgan fingerprint density at radius 2 is 2.00 bits per heavy atom. The summed E-state index contributed by atoms with van der Waals surface area (Å²) in [6.07, 6.45) is 3.15. The molecule has 0 aromatic heterocycles. The van der Waals surface area contributed by atoms with Crippen LogP contribution in [0.3, 0.4) is 0 Å². The van der Waals surface area contributed by atoms with E-state index in [4.69, 9.17) is 23.2 Å². The monoisotopic (exact) mass is 301 g/mol. The normalized spacial score (nSPS) is 23.2. The summed E-state index contributed by atoms with van der Waals surface area (Å²) in [7, 11) is 1.71.